The second kappa shape index (κ2) is 13.6. The normalized spacial score (nSPS) is 24.1. The van der Waals surface area contributed by atoms with Crippen molar-refractivity contribution in [2.75, 3.05) is 6.54 Å². The van der Waals surface area contributed by atoms with Gasteiger partial charge in [0.05, 0.1) is 34.0 Å². The SMILES string of the molecule is Cc1c(-c2ccc(C#N)c(Cl)c2)nn(Cc2ccc(C#CC34CCC(CN5Cc6cc7c(cc6C5)C(=O)N(C5CCC(=O)NC5=O)C7=O)(CC3)CC4)cc2)c1C. The number of imide groups is 2. The number of halogens is 1. The standard InChI is InChI=1S/C45H41ClN6O4/c1-27-28(2)51(49-40(27)31-7-8-32(22-47)37(46)21-31)23-30-5-3-29(4-6-30)11-12-44-13-16-45(17-14-44,18-15-44)26-50-24-33-19-35-36(20-34(33)25-50)43(56)52(42(35)55)38-9-10-39(53)48-41(38)54/h3-8,19-21,38H,9-10,13-18,23-26H2,1-2H3,(H,48,53,54). The van der Waals surface area contributed by atoms with E-state index in [1.54, 1.807) is 12.1 Å². The van der Waals surface area contributed by atoms with Gasteiger partial charge in [-0.3, -0.25) is 39.0 Å². The van der Waals surface area contributed by atoms with Crippen molar-refractivity contribution in [1.82, 2.24) is 24.9 Å². The summed E-state index contributed by atoms with van der Waals surface area (Å²) in [6, 6.07) is 18.8. The molecule has 1 atom stereocenters. The maximum absolute atomic E-state index is 13.4. The topological polar surface area (TPSA) is 128 Å². The van der Waals surface area contributed by atoms with Crippen LogP contribution < -0.4 is 5.32 Å². The molecular weight excluding hydrogens is 724 g/mol. The maximum Gasteiger partial charge on any atom is 0.262 e. The molecule has 282 valence electrons. The first-order valence-electron chi connectivity index (χ1n) is 19.4. The molecule has 1 N–H and O–H groups in total. The second-order valence-electron chi connectivity index (χ2n) is 16.5. The minimum atomic E-state index is -0.952. The van der Waals surface area contributed by atoms with Crippen LogP contribution >= 0.6 is 11.6 Å². The number of carbonyl (C=O) groups excluding carboxylic acids is 4. The maximum atomic E-state index is 13.4. The van der Waals surface area contributed by atoms with E-state index < -0.39 is 23.8 Å². The Balaban J connectivity index is 0.809. The molecule has 10 rings (SSSR count). The van der Waals surface area contributed by atoms with Gasteiger partial charge in [-0.25, -0.2) is 0 Å². The first-order valence-corrected chi connectivity index (χ1v) is 19.8. The van der Waals surface area contributed by atoms with Crippen molar-refractivity contribution in [2.45, 2.75) is 90.9 Å². The molecule has 0 radical (unpaired) electrons. The molecule has 1 aromatic heterocycles. The Morgan fingerprint density at radius 2 is 1.55 bits per heavy atom. The molecule has 4 fully saturated rings. The van der Waals surface area contributed by atoms with Gasteiger partial charge in [0, 0.05) is 48.3 Å². The molecule has 56 heavy (non-hydrogen) atoms. The van der Waals surface area contributed by atoms with Crippen LogP contribution in [0.2, 0.25) is 5.02 Å². The molecule has 10 nitrogen and oxygen atoms in total. The number of nitrogens with zero attached hydrogens (tertiary/aromatic N) is 5. The highest BCUT2D eigenvalue weighted by atomic mass is 35.5. The van der Waals surface area contributed by atoms with Gasteiger partial charge in [0.15, 0.2) is 0 Å². The molecule has 11 heteroatoms. The molecular formula is C45H41ClN6O4. The summed E-state index contributed by atoms with van der Waals surface area (Å²) in [5.41, 5.74) is 9.69. The number of benzene rings is 3. The van der Waals surface area contributed by atoms with Gasteiger partial charge in [-0.15, -0.1) is 0 Å². The smallest absolute Gasteiger partial charge is 0.262 e. The van der Waals surface area contributed by atoms with Crippen LogP contribution in [0.25, 0.3) is 11.3 Å². The molecule has 3 aliphatic heterocycles. The fourth-order valence-corrected chi connectivity index (χ4v) is 9.82. The molecule has 1 saturated heterocycles. The Kier molecular flexibility index (Phi) is 8.76. The van der Waals surface area contributed by atoms with Crippen molar-refractivity contribution in [1.29, 1.82) is 5.26 Å². The van der Waals surface area contributed by atoms with Crippen molar-refractivity contribution >= 4 is 35.2 Å². The predicted molar refractivity (Wildman–Crippen MR) is 209 cm³/mol. The largest absolute Gasteiger partial charge is 0.295 e. The van der Waals surface area contributed by atoms with Crippen LogP contribution in [0, 0.1) is 47.8 Å². The van der Waals surface area contributed by atoms with Gasteiger partial charge in [-0.1, -0.05) is 41.6 Å². The zero-order chi connectivity index (χ0) is 38.9. The monoisotopic (exact) mass is 764 g/mol. The van der Waals surface area contributed by atoms with Gasteiger partial charge >= 0.3 is 0 Å². The zero-order valence-corrected chi connectivity index (χ0v) is 32.3. The van der Waals surface area contributed by atoms with E-state index in [0.29, 0.717) is 28.3 Å². The number of nitriles is 1. The predicted octanol–water partition coefficient (Wildman–Crippen LogP) is 6.85. The van der Waals surface area contributed by atoms with E-state index in [1.807, 2.05) is 22.9 Å². The molecule has 4 heterocycles. The number of piperidine rings is 1. The molecule has 6 aliphatic rings. The molecule has 3 aliphatic carbocycles. The van der Waals surface area contributed by atoms with Gasteiger partial charge in [-0.05, 0) is 123 Å². The molecule has 3 saturated carbocycles. The Labute approximate surface area is 330 Å². The highest BCUT2D eigenvalue weighted by Crippen LogP contribution is 2.57. The van der Waals surface area contributed by atoms with Crippen LogP contribution in [0.1, 0.15) is 111 Å². The highest BCUT2D eigenvalue weighted by Gasteiger charge is 2.49. The number of hydrogen-bond donors (Lipinski definition) is 1. The molecule has 3 aromatic carbocycles. The third-order valence-electron chi connectivity index (χ3n) is 13.1. The van der Waals surface area contributed by atoms with E-state index >= 15 is 0 Å². The lowest BCUT2D eigenvalue weighted by atomic mass is 9.54. The average molecular weight is 765 g/mol. The van der Waals surface area contributed by atoms with E-state index in [1.165, 1.54) is 0 Å². The van der Waals surface area contributed by atoms with Crippen LogP contribution in [0.5, 0.6) is 0 Å². The lowest BCUT2D eigenvalue weighted by Gasteiger charge is -2.52. The lowest BCUT2D eigenvalue weighted by molar-refractivity contribution is -0.136. The summed E-state index contributed by atoms with van der Waals surface area (Å²) in [5.74, 6) is 5.38. The Morgan fingerprint density at radius 1 is 0.893 bits per heavy atom. The summed E-state index contributed by atoms with van der Waals surface area (Å²) in [7, 11) is 0. The fraction of sp³-hybridized carbons (Fsp3) is 0.378. The van der Waals surface area contributed by atoms with E-state index in [0.717, 1.165) is 108 Å². The number of rotatable bonds is 6. The molecule has 4 aromatic rings. The van der Waals surface area contributed by atoms with E-state index in [4.69, 9.17) is 16.7 Å². The Hall–Kier alpha value is -5.55. The van der Waals surface area contributed by atoms with E-state index in [2.05, 4.69) is 66.2 Å². The van der Waals surface area contributed by atoms with Crippen molar-refractivity contribution in [2.24, 2.45) is 10.8 Å². The second-order valence-corrected chi connectivity index (χ2v) is 16.9. The summed E-state index contributed by atoms with van der Waals surface area (Å²) in [4.78, 5) is 54.4. The fourth-order valence-electron chi connectivity index (χ4n) is 9.60. The van der Waals surface area contributed by atoms with Crippen LogP contribution in [-0.2, 0) is 29.2 Å². The molecule has 0 spiro atoms. The highest BCUT2D eigenvalue weighted by molar-refractivity contribution is 6.32. The number of hydrogen-bond acceptors (Lipinski definition) is 7. The number of carbonyl (C=O) groups is 4. The van der Waals surface area contributed by atoms with Crippen molar-refractivity contribution < 1.29 is 19.2 Å². The molecule has 4 amide bonds. The van der Waals surface area contributed by atoms with Crippen molar-refractivity contribution in [3.8, 4) is 29.2 Å². The summed E-state index contributed by atoms with van der Waals surface area (Å²) < 4.78 is 2.01. The molecule has 2 bridgehead atoms. The minimum Gasteiger partial charge on any atom is -0.295 e. The lowest BCUT2D eigenvalue weighted by Crippen LogP contribution is -2.54. The number of nitrogens with one attached hydrogen (secondary N) is 1. The van der Waals surface area contributed by atoms with Gasteiger partial charge in [0.2, 0.25) is 11.8 Å². The van der Waals surface area contributed by atoms with Crippen LogP contribution in [0.4, 0.5) is 0 Å². The summed E-state index contributed by atoms with van der Waals surface area (Å²) in [6.07, 6.45) is 6.96. The van der Waals surface area contributed by atoms with Crippen LogP contribution in [0.3, 0.4) is 0 Å². The first kappa shape index (κ1) is 36.1. The minimum absolute atomic E-state index is 0.0543. The van der Waals surface area contributed by atoms with Crippen molar-refractivity contribution in [3.63, 3.8) is 0 Å². The number of amides is 4. The first-order chi connectivity index (χ1) is 26.9. The van der Waals surface area contributed by atoms with Gasteiger partial charge in [-0.2, -0.15) is 10.4 Å². The molecule has 1 unspecified atom stereocenters. The van der Waals surface area contributed by atoms with E-state index in [9.17, 15) is 24.4 Å². The Bertz CT molecular complexity index is 2410. The number of fused-ring (bicyclic) bond motifs is 5. The van der Waals surface area contributed by atoms with Gasteiger partial charge < -0.3 is 0 Å². The van der Waals surface area contributed by atoms with Gasteiger partial charge in [0.25, 0.3) is 11.8 Å². The summed E-state index contributed by atoms with van der Waals surface area (Å²) >= 11 is 6.32. The van der Waals surface area contributed by atoms with E-state index in [-0.39, 0.29) is 29.6 Å². The number of aromatic nitrogens is 2. The quantitative estimate of drug-likeness (QED) is 0.168. The van der Waals surface area contributed by atoms with Crippen molar-refractivity contribution in [3.05, 3.63) is 110 Å². The average Bonchev–Trinajstić information content (AvgIpc) is 3.80. The zero-order valence-electron chi connectivity index (χ0n) is 31.5. The van der Waals surface area contributed by atoms with Crippen LogP contribution in [0.15, 0.2) is 54.6 Å². The van der Waals surface area contributed by atoms with Crippen LogP contribution in [-0.4, -0.2) is 55.8 Å². The third kappa shape index (κ3) is 6.22. The third-order valence-corrected chi connectivity index (χ3v) is 13.4. The van der Waals surface area contributed by atoms with Gasteiger partial charge in [0.1, 0.15) is 12.1 Å². The Morgan fingerprint density at radius 3 is 2.16 bits per heavy atom. The summed E-state index contributed by atoms with van der Waals surface area (Å²) in [5, 5.41) is 16.8. The summed E-state index contributed by atoms with van der Waals surface area (Å²) in [6.45, 7) is 7.23.